The molecule has 3 aliphatic rings. The molecule has 1 aromatic carbocycles. The van der Waals surface area contributed by atoms with Crippen LogP contribution in [0.3, 0.4) is 0 Å². The minimum atomic E-state index is -3.65. The van der Waals surface area contributed by atoms with Crippen molar-refractivity contribution in [3.8, 4) is 11.5 Å². The van der Waals surface area contributed by atoms with Crippen molar-refractivity contribution in [2.24, 2.45) is 0 Å². The van der Waals surface area contributed by atoms with Crippen molar-refractivity contribution < 1.29 is 22.7 Å². The summed E-state index contributed by atoms with van der Waals surface area (Å²) in [5.41, 5.74) is 1.32. The zero-order chi connectivity index (χ0) is 21.4. The van der Waals surface area contributed by atoms with Crippen molar-refractivity contribution in [2.45, 2.75) is 37.0 Å². The molecule has 1 amide bonds. The number of carbonyl (C=O) groups excluding carboxylic acids is 1. The van der Waals surface area contributed by atoms with Gasteiger partial charge in [0.2, 0.25) is 10.0 Å². The third kappa shape index (κ3) is 4.06. The molecule has 5 rings (SSSR count). The van der Waals surface area contributed by atoms with Crippen molar-refractivity contribution in [1.29, 1.82) is 0 Å². The van der Waals surface area contributed by atoms with Gasteiger partial charge in [-0.25, -0.2) is 8.42 Å². The highest BCUT2D eigenvalue weighted by Crippen LogP contribution is 2.34. The molecule has 31 heavy (non-hydrogen) atoms. The van der Waals surface area contributed by atoms with Gasteiger partial charge in [0, 0.05) is 37.1 Å². The zero-order valence-electron chi connectivity index (χ0n) is 17.3. The summed E-state index contributed by atoms with van der Waals surface area (Å²) in [5.74, 6) is 1.04. The maximum absolute atomic E-state index is 13.1. The van der Waals surface area contributed by atoms with E-state index in [0.717, 1.165) is 17.7 Å². The normalized spacial score (nSPS) is 19.5. The average Bonchev–Trinajstić information content (AvgIpc) is 3.08. The molecule has 1 fully saturated rings. The number of amides is 1. The Bertz CT molecular complexity index is 1060. The quantitative estimate of drug-likeness (QED) is 0.656. The minimum absolute atomic E-state index is 0.0226. The van der Waals surface area contributed by atoms with Crippen molar-refractivity contribution in [1.82, 2.24) is 9.21 Å². The highest BCUT2D eigenvalue weighted by atomic mass is 32.2. The van der Waals surface area contributed by atoms with Crippen LogP contribution in [0, 0.1) is 0 Å². The Kier molecular flexibility index (Phi) is 5.66. The largest absolute Gasteiger partial charge is 0.486 e. The zero-order valence-corrected chi connectivity index (χ0v) is 19.0. The SMILES string of the molecule is O=C(c1cc2c(s1)CCCCC2)N1CCN(S(=O)(=O)c2ccc3c(c2)OCCO3)CC1. The Balaban J connectivity index is 1.26. The number of hydrogen-bond acceptors (Lipinski definition) is 6. The lowest BCUT2D eigenvalue weighted by Gasteiger charge is -2.34. The Morgan fingerprint density at radius 1 is 0.903 bits per heavy atom. The lowest BCUT2D eigenvalue weighted by Crippen LogP contribution is -2.50. The first-order valence-corrected chi connectivity index (χ1v) is 13.1. The van der Waals surface area contributed by atoms with Crippen LogP contribution in [-0.4, -0.2) is 62.9 Å². The van der Waals surface area contributed by atoms with E-state index >= 15 is 0 Å². The third-order valence-corrected chi connectivity index (χ3v) is 9.25. The smallest absolute Gasteiger partial charge is 0.264 e. The summed E-state index contributed by atoms with van der Waals surface area (Å²) in [6, 6.07) is 6.78. The summed E-state index contributed by atoms with van der Waals surface area (Å²) in [6.07, 6.45) is 5.76. The van der Waals surface area contributed by atoms with Crippen LogP contribution in [0.1, 0.15) is 39.4 Å². The number of rotatable bonds is 3. The molecule has 0 N–H and O–H groups in total. The molecule has 0 unspecified atom stereocenters. The molecule has 0 atom stereocenters. The Morgan fingerprint density at radius 2 is 1.65 bits per heavy atom. The van der Waals surface area contributed by atoms with Gasteiger partial charge in [-0.1, -0.05) is 6.42 Å². The number of aryl methyl sites for hydroxylation is 2. The highest BCUT2D eigenvalue weighted by molar-refractivity contribution is 7.89. The molecule has 1 aliphatic carbocycles. The van der Waals surface area contributed by atoms with Gasteiger partial charge in [-0.2, -0.15) is 4.31 Å². The topological polar surface area (TPSA) is 76.2 Å². The van der Waals surface area contributed by atoms with Crippen LogP contribution in [0.5, 0.6) is 11.5 Å². The van der Waals surface area contributed by atoms with Crippen LogP contribution in [0.4, 0.5) is 0 Å². The van der Waals surface area contributed by atoms with Gasteiger partial charge >= 0.3 is 0 Å². The molecule has 2 aliphatic heterocycles. The van der Waals surface area contributed by atoms with Gasteiger partial charge in [-0.15, -0.1) is 11.3 Å². The van der Waals surface area contributed by atoms with Crippen LogP contribution in [0.15, 0.2) is 29.2 Å². The number of sulfonamides is 1. The molecule has 1 saturated heterocycles. The van der Waals surface area contributed by atoms with Crippen LogP contribution < -0.4 is 9.47 Å². The van der Waals surface area contributed by atoms with Crippen molar-refractivity contribution in [3.63, 3.8) is 0 Å². The molecule has 2 aromatic rings. The number of fused-ring (bicyclic) bond motifs is 2. The van der Waals surface area contributed by atoms with E-state index in [2.05, 4.69) is 6.07 Å². The number of nitrogens with zero attached hydrogens (tertiary/aromatic N) is 2. The first kappa shape index (κ1) is 20.8. The number of benzene rings is 1. The van der Waals surface area contributed by atoms with E-state index in [0.29, 0.717) is 37.8 Å². The molecule has 3 heterocycles. The highest BCUT2D eigenvalue weighted by Gasteiger charge is 2.32. The van der Waals surface area contributed by atoms with Gasteiger partial charge in [0.15, 0.2) is 11.5 Å². The number of ether oxygens (including phenoxy) is 2. The molecule has 9 heteroatoms. The molecular formula is C22H26N2O5S2. The summed E-state index contributed by atoms with van der Waals surface area (Å²) in [4.78, 5) is 17.1. The van der Waals surface area contributed by atoms with Crippen molar-refractivity contribution in [3.05, 3.63) is 39.6 Å². The number of carbonyl (C=O) groups is 1. The van der Waals surface area contributed by atoms with Crippen LogP contribution >= 0.6 is 11.3 Å². The first-order valence-electron chi connectivity index (χ1n) is 10.8. The van der Waals surface area contributed by atoms with E-state index in [9.17, 15) is 13.2 Å². The molecule has 0 radical (unpaired) electrons. The van der Waals surface area contributed by atoms with Crippen LogP contribution in [0.2, 0.25) is 0 Å². The average molecular weight is 463 g/mol. The van der Waals surface area contributed by atoms with Gasteiger partial charge < -0.3 is 14.4 Å². The summed E-state index contributed by atoms with van der Waals surface area (Å²) < 4.78 is 38.7. The molecular weight excluding hydrogens is 436 g/mol. The molecule has 166 valence electrons. The number of thiophene rings is 1. The minimum Gasteiger partial charge on any atom is -0.486 e. The van der Waals surface area contributed by atoms with Crippen molar-refractivity contribution >= 4 is 27.3 Å². The lowest BCUT2D eigenvalue weighted by atomic mass is 10.1. The Morgan fingerprint density at radius 3 is 2.45 bits per heavy atom. The van der Waals surface area contributed by atoms with E-state index < -0.39 is 10.0 Å². The van der Waals surface area contributed by atoms with E-state index in [1.165, 1.54) is 40.1 Å². The maximum Gasteiger partial charge on any atom is 0.264 e. The Hall–Kier alpha value is -2.10. The van der Waals surface area contributed by atoms with Gasteiger partial charge in [-0.3, -0.25) is 4.79 Å². The van der Waals surface area contributed by atoms with Crippen LogP contribution in [0.25, 0.3) is 0 Å². The van der Waals surface area contributed by atoms with Gasteiger partial charge in [-0.05, 0) is 49.4 Å². The second-order valence-electron chi connectivity index (χ2n) is 8.12. The summed E-state index contributed by atoms with van der Waals surface area (Å²) in [6.45, 7) is 2.23. The second kappa shape index (κ2) is 8.44. The number of piperazine rings is 1. The molecule has 0 spiro atoms. The summed E-state index contributed by atoms with van der Waals surface area (Å²) in [5, 5.41) is 0. The first-order chi connectivity index (χ1) is 15.0. The maximum atomic E-state index is 13.1. The van der Waals surface area contributed by atoms with E-state index in [1.54, 1.807) is 28.4 Å². The summed E-state index contributed by atoms with van der Waals surface area (Å²) in [7, 11) is -3.65. The van der Waals surface area contributed by atoms with Gasteiger partial charge in [0.25, 0.3) is 5.91 Å². The number of hydrogen-bond donors (Lipinski definition) is 0. The summed E-state index contributed by atoms with van der Waals surface area (Å²) >= 11 is 1.62. The van der Waals surface area contributed by atoms with E-state index in [-0.39, 0.29) is 23.9 Å². The van der Waals surface area contributed by atoms with Gasteiger partial charge in [0.1, 0.15) is 13.2 Å². The van der Waals surface area contributed by atoms with E-state index in [1.807, 2.05) is 0 Å². The monoisotopic (exact) mass is 462 g/mol. The fourth-order valence-corrected chi connectivity index (χ4v) is 7.05. The fourth-order valence-electron chi connectivity index (χ4n) is 4.39. The molecule has 0 saturated carbocycles. The standard InChI is InChI=1S/C22H26N2O5S2/c25-22(21-14-16-4-2-1-3-5-20(16)30-21)23-8-10-24(11-9-23)31(26,27)17-6-7-18-19(15-17)29-13-12-28-18/h6-7,14-15H,1-5,8-13H2. The third-order valence-electron chi connectivity index (χ3n) is 6.13. The van der Waals surface area contributed by atoms with Gasteiger partial charge in [0.05, 0.1) is 9.77 Å². The van der Waals surface area contributed by atoms with Crippen LogP contribution in [-0.2, 0) is 22.9 Å². The Labute approximate surface area is 186 Å². The predicted molar refractivity (Wildman–Crippen MR) is 118 cm³/mol. The van der Waals surface area contributed by atoms with E-state index in [4.69, 9.17) is 9.47 Å². The molecule has 0 bridgehead atoms. The predicted octanol–water partition coefficient (Wildman–Crippen LogP) is 2.93. The molecule has 7 nitrogen and oxygen atoms in total. The lowest BCUT2D eigenvalue weighted by molar-refractivity contribution is 0.0702. The second-order valence-corrected chi connectivity index (χ2v) is 11.2. The van der Waals surface area contributed by atoms with Crippen molar-refractivity contribution in [2.75, 3.05) is 39.4 Å². The fraction of sp³-hybridized carbons (Fsp3) is 0.500. The molecule has 1 aromatic heterocycles.